The molecular weight excluding hydrogens is 373 g/mol. The second-order valence-corrected chi connectivity index (χ2v) is 6.91. The molecule has 0 radical (unpaired) electrons. The lowest BCUT2D eigenvalue weighted by Crippen LogP contribution is -2.39. The van der Waals surface area contributed by atoms with Gasteiger partial charge in [0.1, 0.15) is 11.4 Å². The fourth-order valence-corrected chi connectivity index (χ4v) is 3.38. The van der Waals surface area contributed by atoms with Crippen molar-refractivity contribution in [1.82, 2.24) is 24.8 Å². The number of hydrogen-bond donors (Lipinski definition) is 0. The highest BCUT2D eigenvalue weighted by Gasteiger charge is 2.29. The molecule has 1 unspecified atom stereocenters. The van der Waals surface area contributed by atoms with Crippen LogP contribution in [0.15, 0.2) is 49.1 Å². The molecule has 0 saturated carbocycles. The highest BCUT2D eigenvalue weighted by molar-refractivity contribution is 5.92. The number of likely N-dealkylation sites (tertiary alicyclic amines) is 1. The van der Waals surface area contributed by atoms with Gasteiger partial charge in [-0.15, -0.1) is 0 Å². The Hall–Kier alpha value is -3.42. The minimum absolute atomic E-state index is 0.0680. The quantitative estimate of drug-likeness (QED) is 0.675. The van der Waals surface area contributed by atoms with Gasteiger partial charge in [0, 0.05) is 37.6 Å². The van der Waals surface area contributed by atoms with Gasteiger partial charge in [0.15, 0.2) is 11.6 Å². The van der Waals surface area contributed by atoms with Crippen LogP contribution in [0.4, 0.5) is 4.39 Å². The summed E-state index contributed by atoms with van der Waals surface area (Å²) in [5.74, 6) is -0.355. The zero-order chi connectivity index (χ0) is 20.2. The fourth-order valence-electron chi connectivity index (χ4n) is 3.38. The molecule has 3 aromatic rings. The molecule has 4 rings (SSSR count). The van der Waals surface area contributed by atoms with E-state index in [2.05, 4.69) is 19.9 Å². The van der Waals surface area contributed by atoms with E-state index >= 15 is 0 Å². The maximum Gasteiger partial charge on any atom is 0.274 e. The molecule has 148 valence electrons. The molecule has 1 fully saturated rings. The minimum Gasteiger partial charge on any atom is -0.434 e. The highest BCUT2D eigenvalue weighted by Crippen LogP contribution is 2.33. The first-order valence-corrected chi connectivity index (χ1v) is 9.43. The van der Waals surface area contributed by atoms with Crippen LogP contribution in [0.3, 0.4) is 0 Å². The zero-order valence-electron chi connectivity index (χ0n) is 16.0. The van der Waals surface area contributed by atoms with Gasteiger partial charge in [-0.05, 0) is 31.9 Å². The Morgan fingerprint density at radius 3 is 2.76 bits per heavy atom. The van der Waals surface area contributed by atoms with Crippen LogP contribution in [0, 0.1) is 12.7 Å². The number of rotatable bonds is 4. The van der Waals surface area contributed by atoms with Gasteiger partial charge in [0.25, 0.3) is 5.91 Å². The number of ether oxygens (including phenoxy) is 1. The van der Waals surface area contributed by atoms with Crippen molar-refractivity contribution in [3.8, 4) is 11.6 Å². The van der Waals surface area contributed by atoms with Crippen LogP contribution in [0.5, 0.6) is 11.6 Å². The molecule has 1 saturated heterocycles. The third-order valence-corrected chi connectivity index (χ3v) is 4.83. The van der Waals surface area contributed by atoms with Crippen molar-refractivity contribution in [2.45, 2.75) is 25.7 Å². The van der Waals surface area contributed by atoms with Gasteiger partial charge in [-0.25, -0.2) is 14.4 Å². The Labute approximate surface area is 167 Å². The van der Waals surface area contributed by atoms with Gasteiger partial charge in [0.05, 0.1) is 11.9 Å². The molecule has 1 amide bonds. The van der Waals surface area contributed by atoms with Crippen LogP contribution in [0.25, 0.3) is 0 Å². The number of carbonyl (C=O) groups is 1. The first kappa shape index (κ1) is 18.9. The second-order valence-electron chi connectivity index (χ2n) is 6.91. The summed E-state index contributed by atoms with van der Waals surface area (Å²) in [5.41, 5.74) is 1.69. The summed E-state index contributed by atoms with van der Waals surface area (Å²) in [5, 5.41) is 0. The Kier molecular flexibility index (Phi) is 5.41. The summed E-state index contributed by atoms with van der Waals surface area (Å²) in [6, 6.07) is 6.16. The summed E-state index contributed by atoms with van der Waals surface area (Å²) < 4.78 is 19.7. The van der Waals surface area contributed by atoms with Crippen LogP contribution < -0.4 is 4.74 Å². The average Bonchev–Trinajstić information content (AvgIpc) is 2.76. The Morgan fingerprint density at radius 2 is 1.97 bits per heavy atom. The predicted octanol–water partition coefficient (Wildman–Crippen LogP) is 3.53. The summed E-state index contributed by atoms with van der Waals surface area (Å²) >= 11 is 0. The first-order chi connectivity index (χ1) is 14.1. The van der Waals surface area contributed by atoms with Gasteiger partial charge >= 0.3 is 0 Å². The topological polar surface area (TPSA) is 81.1 Å². The summed E-state index contributed by atoms with van der Waals surface area (Å²) in [7, 11) is 0. The van der Waals surface area contributed by atoms with Crippen molar-refractivity contribution in [2.24, 2.45) is 0 Å². The van der Waals surface area contributed by atoms with Crippen LogP contribution in [-0.2, 0) is 0 Å². The lowest BCUT2D eigenvalue weighted by molar-refractivity contribution is 0.0698. The van der Waals surface area contributed by atoms with Gasteiger partial charge < -0.3 is 9.64 Å². The van der Waals surface area contributed by atoms with E-state index in [-0.39, 0.29) is 23.5 Å². The number of carbonyl (C=O) groups excluding carboxylic acids is 1. The van der Waals surface area contributed by atoms with Gasteiger partial charge in [0.2, 0.25) is 5.88 Å². The van der Waals surface area contributed by atoms with Gasteiger partial charge in [-0.3, -0.25) is 14.8 Å². The molecule has 1 aliphatic heterocycles. The molecule has 1 atom stereocenters. The van der Waals surface area contributed by atoms with Gasteiger partial charge in [-0.1, -0.05) is 12.1 Å². The molecule has 0 spiro atoms. The van der Waals surface area contributed by atoms with Crippen molar-refractivity contribution in [1.29, 1.82) is 0 Å². The van der Waals surface area contributed by atoms with Crippen LogP contribution >= 0.6 is 0 Å². The molecule has 29 heavy (non-hydrogen) atoms. The number of nitrogens with zero attached hydrogens (tertiary/aromatic N) is 5. The molecule has 1 aliphatic rings. The van der Waals surface area contributed by atoms with Crippen molar-refractivity contribution >= 4 is 5.91 Å². The third kappa shape index (κ3) is 4.21. The minimum atomic E-state index is -0.470. The average molecular weight is 393 g/mol. The van der Waals surface area contributed by atoms with Gasteiger partial charge in [-0.2, -0.15) is 0 Å². The molecule has 1 aromatic carbocycles. The highest BCUT2D eigenvalue weighted by atomic mass is 19.1. The Morgan fingerprint density at radius 1 is 1.14 bits per heavy atom. The molecule has 8 heteroatoms. The molecule has 7 nitrogen and oxygen atoms in total. The standard InChI is InChI=1S/C21H20FN5O2/c1-14-11-26-17(12-25-14)21(28)27-10-4-5-15(13-27)19-20(24-9-8-23-19)29-18-7-3-2-6-16(18)22/h2-3,6-9,11-12,15H,4-5,10,13H2,1H3. The van der Waals surface area contributed by atoms with E-state index in [4.69, 9.17) is 4.74 Å². The van der Waals surface area contributed by atoms with E-state index in [1.165, 1.54) is 18.5 Å². The predicted molar refractivity (Wildman–Crippen MR) is 103 cm³/mol. The fraction of sp³-hybridized carbons (Fsp3) is 0.286. The number of amides is 1. The Bertz CT molecular complexity index is 1010. The number of aryl methyl sites for hydroxylation is 1. The monoisotopic (exact) mass is 393 g/mol. The molecule has 3 heterocycles. The summed E-state index contributed by atoms with van der Waals surface area (Å²) in [6.45, 7) is 2.92. The lowest BCUT2D eigenvalue weighted by Gasteiger charge is -2.32. The van der Waals surface area contributed by atoms with E-state index in [0.29, 0.717) is 24.5 Å². The van der Waals surface area contributed by atoms with Crippen molar-refractivity contribution in [3.05, 3.63) is 72.0 Å². The second kappa shape index (κ2) is 8.30. The van der Waals surface area contributed by atoms with Crippen molar-refractivity contribution in [2.75, 3.05) is 13.1 Å². The molecular formula is C21H20FN5O2. The molecule has 0 bridgehead atoms. The van der Waals surface area contributed by atoms with E-state index in [1.54, 1.807) is 35.5 Å². The molecule has 0 aliphatic carbocycles. The van der Waals surface area contributed by atoms with Crippen molar-refractivity contribution in [3.63, 3.8) is 0 Å². The maximum absolute atomic E-state index is 14.0. The van der Waals surface area contributed by atoms with Crippen LogP contribution in [-0.4, -0.2) is 43.8 Å². The number of para-hydroxylation sites is 1. The molecule has 0 N–H and O–H groups in total. The number of hydrogen-bond acceptors (Lipinski definition) is 6. The van der Waals surface area contributed by atoms with E-state index in [9.17, 15) is 9.18 Å². The van der Waals surface area contributed by atoms with E-state index < -0.39 is 5.82 Å². The Balaban J connectivity index is 1.55. The number of piperidine rings is 1. The largest absolute Gasteiger partial charge is 0.434 e. The first-order valence-electron chi connectivity index (χ1n) is 9.43. The normalized spacial score (nSPS) is 16.5. The molecule has 2 aromatic heterocycles. The number of halogens is 1. The van der Waals surface area contributed by atoms with E-state index in [0.717, 1.165) is 18.5 Å². The number of benzene rings is 1. The van der Waals surface area contributed by atoms with Crippen molar-refractivity contribution < 1.29 is 13.9 Å². The number of aromatic nitrogens is 4. The summed E-state index contributed by atoms with van der Waals surface area (Å²) in [4.78, 5) is 31.6. The van der Waals surface area contributed by atoms with Crippen LogP contribution in [0.1, 0.15) is 40.6 Å². The lowest BCUT2D eigenvalue weighted by atomic mass is 9.94. The SMILES string of the molecule is Cc1cnc(C(=O)N2CCCC(c3nccnc3Oc3ccccc3F)C2)cn1. The maximum atomic E-state index is 14.0. The summed E-state index contributed by atoms with van der Waals surface area (Å²) in [6.07, 6.45) is 7.80. The van der Waals surface area contributed by atoms with E-state index in [1.807, 2.05) is 6.92 Å². The zero-order valence-corrected chi connectivity index (χ0v) is 16.0. The van der Waals surface area contributed by atoms with Crippen LogP contribution in [0.2, 0.25) is 0 Å². The smallest absolute Gasteiger partial charge is 0.274 e. The third-order valence-electron chi connectivity index (χ3n) is 4.83.